The van der Waals surface area contributed by atoms with Crippen LogP contribution in [0.5, 0.6) is 11.5 Å². The Labute approximate surface area is 255 Å². The Balaban J connectivity index is 1.36. The lowest BCUT2D eigenvalue weighted by atomic mass is 10.0. The van der Waals surface area contributed by atoms with E-state index in [1.165, 1.54) is 6.07 Å². The molecule has 0 saturated carbocycles. The highest BCUT2D eigenvalue weighted by atomic mass is 19.4. The third-order valence-electron chi connectivity index (χ3n) is 7.04. The molecule has 1 saturated heterocycles. The fraction of sp³-hybridized carbons (Fsp3) is 0.394. The van der Waals surface area contributed by atoms with E-state index in [-0.39, 0.29) is 17.0 Å². The normalized spacial score (nSPS) is 17.5. The average Bonchev–Trinajstić information content (AvgIpc) is 2.96. The van der Waals surface area contributed by atoms with Crippen LogP contribution in [0.25, 0.3) is 11.1 Å². The Bertz CT molecular complexity index is 1410. The van der Waals surface area contributed by atoms with Gasteiger partial charge in [0.2, 0.25) is 0 Å². The molecule has 0 amide bonds. The minimum Gasteiger partial charge on any atom is -0.429 e. The van der Waals surface area contributed by atoms with Gasteiger partial charge in [-0.2, -0.15) is 8.78 Å². The number of hydrogen-bond acceptors (Lipinski definition) is 4. The maximum atomic E-state index is 14.9. The van der Waals surface area contributed by atoms with E-state index in [0.29, 0.717) is 25.3 Å². The molecule has 0 aromatic heterocycles. The maximum Gasteiger partial charge on any atom is 0.573 e. The molecule has 1 aliphatic heterocycles. The Hall–Kier alpha value is -3.64. The summed E-state index contributed by atoms with van der Waals surface area (Å²) in [6, 6.07) is 7.32. The first-order chi connectivity index (χ1) is 21.4. The van der Waals surface area contributed by atoms with Gasteiger partial charge in [-0.1, -0.05) is 50.1 Å². The molecule has 0 atom stereocenters. The van der Waals surface area contributed by atoms with Crippen molar-refractivity contribution in [1.29, 1.82) is 0 Å². The molecule has 1 aliphatic rings. The van der Waals surface area contributed by atoms with Gasteiger partial charge in [-0.25, -0.2) is 13.2 Å². The van der Waals surface area contributed by atoms with Crippen LogP contribution in [0.4, 0.5) is 35.1 Å². The standard InChI is InChI=1S/C33H32F8O4/c1-2-3-4-5-6-7-8-9-21-19-42-31(43-20-21)23-12-15-26(27(34)16-23)32(37,38)44-25-17-28(35)30(29(36)18-25)22-10-13-24(14-11-22)45-33(39,40)41/h4-5,10-18,21,31H,2-3,6-9,19-20H2,1H3/b5-4+. The summed E-state index contributed by atoms with van der Waals surface area (Å²) < 4.78 is 131. The second-order valence-corrected chi connectivity index (χ2v) is 10.6. The molecule has 1 heterocycles. The van der Waals surface area contributed by atoms with E-state index in [1.807, 2.05) is 0 Å². The number of rotatable bonds is 13. The number of unbranched alkanes of at least 4 members (excludes halogenated alkanes) is 3. The molecule has 244 valence electrons. The fourth-order valence-electron chi connectivity index (χ4n) is 4.82. The van der Waals surface area contributed by atoms with E-state index in [1.54, 1.807) is 0 Å². The van der Waals surface area contributed by atoms with Gasteiger partial charge in [0.25, 0.3) is 0 Å². The zero-order valence-corrected chi connectivity index (χ0v) is 24.3. The van der Waals surface area contributed by atoms with Crippen molar-refractivity contribution < 1.29 is 54.1 Å². The molecule has 3 aromatic rings. The first-order valence-electron chi connectivity index (χ1n) is 14.5. The highest BCUT2D eigenvalue weighted by Gasteiger charge is 2.39. The third kappa shape index (κ3) is 9.67. The van der Waals surface area contributed by atoms with E-state index in [0.717, 1.165) is 74.9 Å². The highest BCUT2D eigenvalue weighted by molar-refractivity contribution is 5.66. The fourth-order valence-corrected chi connectivity index (χ4v) is 4.82. The van der Waals surface area contributed by atoms with E-state index in [2.05, 4.69) is 28.5 Å². The summed E-state index contributed by atoms with van der Waals surface area (Å²) in [7, 11) is 0. The average molecular weight is 645 g/mol. The summed E-state index contributed by atoms with van der Waals surface area (Å²) in [5.74, 6) is -5.42. The zero-order valence-electron chi connectivity index (χ0n) is 24.3. The lowest BCUT2D eigenvalue weighted by Crippen LogP contribution is -2.28. The van der Waals surface area contributed by atoms with Crippen LogP contribution in [0.15, 0.2) is 66.7 Å². The summed E-state index contributed by atoms with van der Waals surface area (Å²) in [5.41, 5.74) is -1.89. The van der Waals surface area contributed by atoms with Crippen LogP contribution in [0.3, 0.4) is 0 Å². The van der Waals surface area contributed by atoms with Crippen LogP contribution in [0.2, 0.25) is 0 Å². The molecule has 0 spiro atoms. The Morgan fingerprint density at radius 3 is 2.00 bits per heavy atom. The first kappa shape index (κ1) is 34.2. The molecule has 4 nitrogen and oxygen atoms in total. The van der Waals surface area contributed by atoms with Gasteiger partial charge in [-0.05, 0) is 55.5 Å². The van der Waals surface area contributed by atoms with Crippen molar-refractivity contribution >= 4 is 0 Å². The molecule has 0 unspecified atom stereocenters. The number of ether oxygens (including phenoxy) is 4. The van der Waals surface area contributed by atoms with Crippen molar-refractivity contribution in [3.8, 4) is 22.6 Å². The topological polar surface area (TPSA) is 36.9 Å². The Morgan fingerprint density at radius 1 is 0.756 bits per heavy atom. The third-order valence-corrected chi connectivity index (χ3v) is 7.04. The van der Waals surface area contributed by atoms with E-state index < -0.39 is 58.8 Å². The van der Waals surface area contributed by atoms with Gasteiger partial charge >= 0.3 is 12.5 Å². The van der Waals surface area contributed by atoms with Crippen molar-refractivity contribution in [2.24, 2.45) is 5.92 Å². The molecular weight excluding hydrogens is 612 g/mol. The van der Waals surface area contributed by atoms with Crippen molar-refractivity contribution in [2.45, 2.75) is 64.2 Å². The minimum atomic E-state index is -4.96. The van der Waals surface area contributed by atoms with Crippen LogP contribution >= 0.6 is 0 Å². The van der Waals surface area contributed by atoms with Crippen molar-refractivity contribution in [3.63, 3.8) is 0 Å². The number of halogens is 8. The van der Waals surface area contributed by atoms with Gasteiger partial charge in [-0.3, -0.25) is 0 Å². The molecule has 0 bridgehead atoms. The van der Waals surface area contributed by atoms with Crippen molar-refractivity contribution in [3.05, 3.63) is 95.3 Å². The largest absolute Gasteiger partial charge is 0.573 e. The maximum absolute atomic E-state index is 14.9. The molecule has 0 N–H and O–H groups in total. The van der Waals surface area contributed by atoms with Gasteiger partial charge in [0.1, 0.15) is 29.0 Å². The molecule has 4 rings (SSSR count). The summed E-state index contributed by atoms with van der Waals surface area (Å²) >= 11 is 0. The minimum absolute atomic E-state index is 0.165. The van der Waals surface area contributed by atoms with Crippen molar-refractivity contribution in [2.75, 3.05) is 13.2 Å². The van der Waals surface area contributed by atoms with Gasteiger partial charge in [0, 0.05) is 23.6 Å². The van der Waals surface area contributed by atoms with Crippen molar-refractivity contribution in [1.82, 2.24) is 0 Å². The Kier molecular flexibility index (Phi) is 11.5. The van der Waals surface area contributed by atoms with Crippen LogP contribution in [0, 0.1) is 23.4 Å². The molecule has 1 fully saturated rings. The SMILES string of the molecule is CCC/C=C/CCCCC1COC(c2ccc(C(F)(F)Oc3cc(F)c(-c4ccc(OC(F)(F)F)cc4)c(F)c3)c(F)c2)OC1. The molecule has 0 aliphatic carbocycles. The molecule has 0 radical (unpaired) electrons. The van der Waals surface area contributed by atoms with Gasteiger partial charge < -0.3 is 18.9 Å². The lowest BCUT2D eigenvalue weighted by molar-refractivity contribution is -0.274. The highest BCUT2D eigenvalue weighted by Crippen LogP contribution is 2.38. The predicted molar refractivity (Wildman–Crippen MR) is 150 cm³/mol. The number of allylic oxidation sites excluding steroid dienone is 2. The van der Waals surface area contributed by atoms with E-state index in [4.69, 9.17) is 9.47 Å². The quantitative estimate of drug-likeness (QED) is 0.105. The monoisotopic (exact) mass is 644 g/mol. The van der Waals surface area contributed by atoms with Gasteiger partial charge in [0.05, 0.1) is 24.3 Å². The smallest absolute Gasteiger partial charge is 0.429 e. The number of benzene rings is 3. The van der Waals surface area contributed by atoms with Crippen LogP contribution < -0.4 is 9.47 Å². The summed E-state index contributed by atoms with van der Waals surface area (Å²) in [5, 5.41) is 0. The van der Waals surface area contributed by atoms with Crippen LogP contribution in [-0.2, 0) is 15.6 Å². The molecular formula is C33H32F8O4. The number of hydrogen-bond donors (Lipinski definition) is 0. The van der Waals surface area contributed by atoms with Crippen LogP contribution in [0.1, 0.15) is 62.9 Å². The van der Waals surface area contributed by atoms with E-state index in [9.17, 15) is 35.1 Å². The Morgan fingerprint density at radius 2 is 1.40 bits per heavy atom. The first-order valence-corrected chi connectivity index (χ1v) is 14.5. The summed E-state index contributed by atoms with van der Waals surface area (Å²) in [4.78, 5) is 0. The van der Waals surface area contributed by atoms with E-state index >= 15 is 0 Å². The molecule has 45 heavy (non-hydrogen) atoms. The second kappa shape index (κ2) is 15.1. The van der Waals surface area contributed by atoms with Gasteiger partial charge in [0.15, 0.2) is 6.29 Å². The summed E-state index contributed by atoms with van der Waals surface area (Å²) in [6.45, 7) is 2.87. The number of alkyl halides is 5. The second-order valence-electron chi connectivity index (χ2n) is 10.6. The summed E-state index contributed by atoms with van der Waals surface area (Å²) in [6.07, 6.45) is 0.262. The molecule has 12 heteroatoms. The van der Waals surface area contributed by atoms with Crippen LogP contribution in [-0.4, -0.2) is 19.6 Å². The lowest BCUT2D eigenvalue weighted by Gasteiger charge is -2.30. The van der Waals surface area contributed by atoms with Gasteiger partial charge in [-0.15, -0.1) is 13.2 Å². The zero-order chi connectivity index (χ0) is 32.6. The predicted octanol–water partition coefficient (Wildman–Crippen LogP) is 10.4. The molecule has 3 aromatic carbocycles.